The number of carbonyl (C=O) groups is 3. The van der Waals surface area contributed by atoms with Crippen LogP contribution in [0.15, 0.2) is 146 Å². The summed E-state index contributed by atoms with van der Waals surface area (Å²) in [5, 5.41) is 0. The highest BCUT2D eigenvalue weighted by Gasteiger charge is 2.19. The lowest BCUT2D eigenvalue weighted by Gasteiger charge is -2.18. The monoisotopic (exact) mass is 979 g/mol. The molecule has 1 atom stereocenters. The van der Waals surface area contributed by atoms with Crippen LogP contribution in [0.5, 0.6) is 0 Å². The molecule has 0 aromatic heterocycles. The van der Waals surface area contributed by atoms with Crippen LogP contribution in [-0.2, 0) is 28.6 Å². The largest absolute Gasteiger partial charge is 0.462 e. The molecule has 398 valence electrons. The molecule has 0 heterocycles. The molecule has 6 nitrogen and oxygen atoms in total. The first-order chi connectivity index (χ1) is 35.0. The smallest absolute Gasteiger partial charge is 0.306 e. The predicted molar refractivity (Wildman–Crippen MR) is 306 cm³/mol. The van der Waals surface area contributed by atoms with Crippen molar-refractivity contribution in [1.82, 2.24) is 0 Å². The van der Waals surface area contributed by atoms with Gasteiger partial charge >= 0.3 is 17.9 Å². The zero-order valence-corrected chi connectivity index (χ0v) is 45.4. The Morgan fingerprint density at radius 2 is 0.577 bits per heavy atom. The SMILES string of the molecule is CC\C=C/C=C\C=C/C=C\CCCCCCCC(=O)OCC(COC(=O)CCCCCCCC/C=C\C/C=C\C/C=C\C/C=C\CC)OC(=O)CCCCCCCC/C=C\C/C=C\C/C=C\C/C=C\CC. The summed E-state index contributed by atoms with van der Waals surface area (Å²) in [6.07, 6.45) is 82.5. The fourth-order valence-corrected chi connectivity index (χ4v) is 7.26. The van der Waals surface area contributed by atoms with Gasteiger partial charge in [-0.25, -0.2) is 0 Å². The van der Waals surface area contributed by atoms with Crippen LogP contribution in [0.4, 0.5) is 0 Å². The van der Waals surface area contributed by atoms with E-state index in [9.17, 15) is 14.4 Å². The summed E-state index contributed by atoms with van der Waals surface area (Å²) in [5.41, 5.74) is 0. The molecule has 71 heavy (non-hydrogen) atoms. The van der Waals surface area contributed by atoms with Gasteiger partial charge in [0.25, 0.3) is 0 Å². The van der Waals surface area contributed by atoms with Crippen LogP contribution in [0.1, 0.15) is 226 Å². The molecule has 0 aliphatic heterocycles. The van der Waals surface area contributed by atoms with E-state index in [4.69, 9.17) is 14.2 Å². The normalized spacial score (nSPS) is 13.2. The van der Waals surface area contributed by atoms with E-state index < -0.39 is 6.10 Å². The third kappa shape index (κ3) is 56.1. The van der Waals surface area contributed by atoms with E-state index >= 15 is 0 Å². The van der Waals surface area contributed by atoms with Crippen LogP contribution in [0.25, 0.3) is 0 Å². The van der Waals surface area contributed by atoms with Gasteiger partial charge in [0, 0.05) is 19.3 Å². The Kier molecular flexibility index (Phi) is 54.0. The van der Waals surface area contributed by atoms with E-state index in [0.29, 0.717) is 19.3 Å². The summed E-state index contributed by atoms with van der Waals surface area (Å²) in [6, 6.07) is 0. The van der Waals surface area contributed by atoms with Crippen LogP contribution >= 0.6 is 0 Å². The molecule has 0 aliphatic rings. The third-order valence-electron chi connectivity index (χ3n) is 11.4. The number of carbonyl (C=O) groups excluding carboxylic acids is 3. The van der Waals surface area contributed by atoms with E-state index in [1.165, 1.54) is 25.7 Å². The predicted octanol–water partition coefficient (Wildman–Crippen LogP) is 19.2. The van der Waals surface area contributed by atoms with Crippen LogP contribution in [0.2, 0.25) is 0 Å². The molecule has 0 aromatic rings. The maximum Gasteiger partial charge on any atom is 0.306 e. The number of rotatable bonds is 49. The van der Waals surface area contributed by atoms with Gasteiger partial charge in [-0.1, -0.05) is 237 Å². The van der Waals surface area contributed by atoms with Crippen molar-refractivity contribution in [2.45, 2.75) is 232 Å². The van der Waals surface area contributed by atoms with Crippen LogP contribution in [-0.4, -0.2) is 37.2 Å². The highest BCUT2D eigenvalue weighted by molar-refractivity contribution is 5.71. The third-order valence-corrected chi connectivity index (χ3v) is 11.4. The minimum Gasteiger partial charge on any atom is -0.462 e. The summed E-state index contributed by atoms with van der Waals surface area (Å²) in [6.45, 7) is 6.22. The van der Waals surface area contributed by atoms with E-state index in [1.807, 2.05) is 18.2 Å². The van der Waals surface area contributed by atoms with Gasteiger partial charge in [0.2, 0.25) is 0 Å². The fourth-order valence-electron chi connectivity index (χ4n) is 7.26. The van der Waals surface area contributed by atoms with E-state index in [-0.39, 0.29) is 31.1 Å². The van der Waals surface area contributed by atoms with Crippen molar-refractivity contribution < 1.29 is 28.6 Å². The van der Waals surface area contributed by atoms with Crippen molar-refractivity contribution in [3.8, 4) is 0 Å². The molecule has 0 saturated heterocycles. The molecular weight excluding hydrogens is 877 g/mol. The minimum atomic E-state index is -0.809. The van der Waals surface area contributed by atoms with Gasteiger partial charge in [-0.2, -0.15) is 0 Å². The standard InChI is InChI=1S/C65H102O6/c1-4-7-10-13-16-19-22-25-28-30-32-34-37-40-43-46-49-52-55-58-64(67)70-61-62(60-69-63(66)57-54-51-48-45-42-39-36-27-24-21-18-15-12-9-6-3)71-65(68)59-56-53-50-47-44-41-38-35-33-31-29-26-23-20-17-14-11-8-5-2/h7-12,15-21,24-29,32-36,62H,4-6,13-14,22-23,30-31,37-61H2,1-3H3/b10-7-,11-8-,12-9-,18-15-,19-16-,20-17-,24-21-,28-25-,29-26-,34-32-,35-33-,36-27-. The lowest BCUT2D eigenvalue weighted by atomic mass is 10.1. The molecule has 1 unspecified atom stereocenters. The van der Waals surface area contributed by atoms with Gasteiger partial charge in [0.05, 0.1) is 0 Å². The summed E-state index contributed by atoms with van der Waals surface area (Å²) in [7, 11) is 0. The van der Waals surface area contributed by atoms with E-state index in [0.717, 1.165) is 161 Å². The molecule has 0 aromatic carbocycles. The van der Waals surface area contributed by atoms with Crippen LogP contribution < -0.4 is 0 Å². The Bertz CT molecular complexity index is 1590. The molecule has 0 saturated carbocycles. The second kappa shape index (κ2) is 57.9. The maximum absolute atomic E-state index is 12.9. The quantitative estimate of drug-likeness (QED) is 0.0199. The number of hydrogen-bond acceptors (Lipinski definition) is 6. The molecule has 0 rings (SSSR count). The van der Waals surface area contributed by atoms with Crippen molar-refractivity contribution >= 4 is 17.9 Å². The van der Waals surface area contributed by atoms with Crippen molar-refractivity contribution in [3.63, 3.8) is 0 Å². The van der Waals surface area contributed by atoms with Gasteiger partial charge < -0.3 is 14.2 Å². The molecule has 0 radical (unpaired) electrons. The van der Waals surface area contributed by atoms with E-state index in [1.54, 1.807) is 0 Å². The summed E-state index contributed by atoms with van der Waals surface area (Å²) < 4.78 is 16.8. The van der Waals surface area contributed by atoms with Crippen molar-refractivity contribution in [1.29, 1.82) is 0 Å². The molecule has 6 heteroatoms. The van der Waals surface area contributed by atoms with Crippen molar-refractivity contribution in [3.05, 3.63) is 146 Å². The van der Waals surface area contributed by atoms with Gasteiger partial charge in [0.1, 0.15) is 13.2 Å². The summed E-state index contributed by atoms with van der Waals surface area (Å²) in [5.74, 6) is -0.962. The van der Waals surface area contributed by atoms with Crippen LogP contribution in [0.3, 0.4) is 0 Å². The van der Waals surface area contributed by atoms with E-state index in [2.05, 4.69) is 148 Å². The van der Waals surface area contributed by atoms with Crippen molar-refractivity contribution in [2.24, 2.45) is 0 Å². The number of hydrogen-bond donors (Lipinski definition) is 0. The topological polar surface area (TPSA) is 78.9 Å². The van der Waals surface area contributed by atoms with Gasteiger partial charge in [-0.15, -0.1) is 0 Å². The zero-order chi connectivity index (χ0) is 51.4. The zero-order valence-electron chi connectivity index (χ0n) is 45.4. The number of allylic oxidation sites excluding steroid dienone is 24. The molecule has 0 fully saturated rings. The van der Waals surface area contributed by atoms with Crippen LogP contribution in [0, 0.1) is 0 Å². The Labute approximate surface area is 436 Å². The molecule has 0 spiro atoms. The van der Waals surface area contributed by atoms with Gasteiger partial charge in [-0.3, -0.25) is 14.4 Å². The lowest BCUT2D eigenvalue weighted by Crippen LogP contribution is -2.30. The first-order valence-electron chi connectivity index (χ1n) is 28.4. The lowest BCUT2D eigenvalue weighted by molar-refractivity contribution is -0.167. The first-order valence-corrected chi connectivity index (χ1v) is 28.4. The number of esters is 3. The molecule has 0 N–H and O–H groups in total. The second-order valence-electron chi connectivity index (χ2n) is 18.1. The summed E-state index contributed by atoms with van der Waals surface area (Å²) >= 11 is 0. The molecule has 0 aliphatic carbocycles. The fraction of sp³-hybridized carbons (Fsp3) is 0.585. The molecular formula is C65H102O6. The van der Waals surface area contributed by atoms with Gasteiger partial charge in [-0.05, 0) is 116 Å². The number of unbranched alkanes of at least 4 members (excludes halogenated alkanes) is 17. The Hall–Kier alpha value is -4.71. The molecule has 0 bridgehead atoms. The van der Waals surface area contributed by atoms with Crippen molar-refractivity contribution in [2.75, 3.05) is 13.2 Å². The number of ether oxygens (including phenoxy) is 3. The average molecular weight is 980 g/mol. The maximum atomic E-state index is 12.9. The Morgan fingerprint density at radius 3 is 0.958 bits per heavy atom. The minimum absolute atomic E-state index is 0.105. The average Bonchev–Trinajstić information content (AvgIpc) is 3.37. The molecule has 0 amide bonds. The Balaban J connectivity index is 4.51. The first kappa shape index (κ1) is 66.3. The summed E-state index contributed by atoms with van der Waals surface area (Å²) in [4.78, 5) is 38.2. The highest BCUT2D eigenvalue weighted by atomic mass is 16.6. The Morgan fingerprint density at radius 1 is 0.296 bits per heavy atom. The highest BCUT2D eigenvalue weighted by Crippen LogP contribution is 2.14. The van der Waals surface area contributed by atoms with Gasteiger partial charge in [0.15, 0.2) is 6.10 Å². The second-order valence-corrected chi connectivity index (χ2v) is 18.1.